The number of hydrogen-bond donors (Lipinski definition) is 1. The van der Waals surface area contributed by atoms with Crippen molar-refractivity contribution in [1.29, 1.82) is 0 Å². The summed E-state index contributed by atoms with van der Waals surface area (Å²) >= 11 is 0. The number of aromatic nitrogens is 3. The van der Waals surface area contributed by atoms with Crippen molar-refractivity contribution in [3.63, 3.8) is 0 Å². The molecule has 2 aliphatic carbocycles. The van der Waals surface area contributed by atoms with Gasteiger partial charge in [0.25, 0.3) is 0 Å². The van der Waals surface area contributed by atoms with E-state index in [1.165, 1.54) is 32.1 Å². The quantitative estimate of drug-likeness (QED) is 0.894. The van der Waals surface area contributed by atoms with E-state index in [9.17, 15) is 5.11 Å². The van der Waals surface area contributed by atoms with Gasteiger partial charge < -0.3 is 9.63 Å². The van der Waals surface area contributed by atoms with Gasteiger partial charge in [-0.05, 0) is 43.6 Å². The fourth-order valence-corrected chi connectivity index (χ4v) is 5.61. The van der Waals surface area contributed by atoms with Gasteiger partial charge in [0.1, 0.15) is 0 Å². The Bertz CT molecular complexity index is 737. The molecule has 3 heterocycles. The van der Waals surface area contributed by atoms with Gasteiger partial charge in [-0.25, -0.2) is 0 Å². The molecule has 3 aliphatic rings. The topological polar surface area (TPSA) is 67.3 Å². The third kappa shape index (κ3) is 3.57. The summed E-state index contributed by atoms with van der Waals surface area (Å²) in [5, 5.41) is 19.3. The van der Waals surface area contributed by atoms with Crippen molar-refractivity contribution >= 4 is 0 Å². The van der Waals surface area contributed by atoms with Crippen LogP contribution in [-0.4, -0.2) is 44.1 Å². The molecular formula is C21H30N4O2. The summed E-state index contributed by atoms with van der Waals surface area (Å²) in [4.78, 5) is 2.48. The molecule has 6 nitrogen and oxygen atoms in total. The van der Waals surface area contributed by atoms with Gasteiger partial charge >= 0.3 is 0 Å². The Morgan fingerprint density at radius 2 is 1.93 bits per heavy atom. The van der Waals surface area contributed by atoms with Gasteiger partial charge in [0, 0.05) is 37.5 Å². The van der Waals surface area contributed by atoms with Gasteiger partial charge in [0.15, 0.2) is 5.76 Å². The summed E-state index contributed by atoms with van der Waals surface area (Å²) in [6, 6.07) is 4.25. The highest BCUT2D eigenvalue weighted by Crippen LogP contribution is 2.41. The van der Waals surface area contributed by atoms with E-state index in [2.05, 4.69) is 21.2 Å². The summed E-state index contributed by atoms with van der Waals surface area (Å²) in [6.45, 7) is 2.97. The van der Waals surface area contributed by atoms with E-state index < -0.39 is 0 Å². The van der Waals surface area contributed by atoms with Gasteiger partial charge in [0.2, 0.25) is 0 Å². The highest BCUT2D eigenvalue weighted by molar-refractivity contribution is 5.12. The van der Waals surface area contributed by atoms with Crippen LogP contribution in [-0.2, 0) is 6.54 Å². The monoisotopic (exact) mass is 370 g/mol. The third-order valence-corrected chi connectivity index (χ3v) is 7.03. The van der Waals surface area contributed by atoms with Crippen molar-refractivity contribution in [2.24, 2.45) is 11.8 Å². The van der Waals surface area contributed by atoms with Crippen molar-refractivity contribution in [2.45, 2.75) is 69.6 Å². The molecule has 0 radical (unpaired) electrons. The summed E-state index contributed by atoms with van der Waals surface area (Å²) in [7, 11) is 0. The zero-order valence-electron chi connectivity index (χ0n) is 15.9. The van der Waals surface area contributed by atoms with Gasteiger partial charge in [-0.2, -0.15) is 5.10 Å². The van der Waals surface area contributed by atoms with Crippen LogP contribution < -0.4 is 0 Å². The molecule has 3 fully saturated rings. The number of rotatable bonds is 4. The second kappa shape index (κ2) is 7.40. The summed E-state index contributed by atoms with van der Waals surface area (Å²) in [5.41, 5.74) is 1.16. The minimum absolute atomic E-state index is 0.115. The zero-order chi connectivity index (χ0) is 18.2. The van der Waals surface area contributed by atoms with Crippen molar-refractivity contribution < 1.29 is 9.63 Å². The first-order chi connectivity index (χ1) is 13.3. The Labute approximate surface area is 160 Å². The maximum atomic E-state index is 10.6. The van der Waals surface area contributed by atoms with E-state index in [0.29, 0.717) is 17.8 Å². The second-order valence-corrected chi connectivity index (χ2v) is 8.86. The molecule has 2 aromatic heterocycles. The van der Waals surface area contributed by atoms with E-state index in [1.807, 2.05) is 16.9 Å². The molecule has 0 aromatic carbocycles. The van der Waals surface area contributed by atoms with Crippen LogP contribution >= 0.6 is 0 Å². The molecule has 27 heavy (non-hydrogen) atoms. The first-order valence-electron chi connectivity index (χ1n) is 10.6. The van der Waals surface area contributed by atoms with Crippen LogP contribution in [0.25, 0.3) is 0 Å². The molecule has 0 amide bonds. The zero-order valence-corrected chi connectivity index (χ0v) is 15.9. The number of aliphatic hydroxyl groups excluding tert-OH is 1. The van der Waals surface area contributed by atoms with Crippen LogP contribution in [0.1, 0.15) is 68.4 Å². The molecule has 1 aliphatic heterocycles. The SMILES string of the molecule is O[C@@H]1C[C@H]2CN(Cc3cc(C4CCCCC4)no3)C[C@H]2C[C@H]1n1cccn1. The smallest absolute Gasteiger partial charge is 0.150 e. The van der Waals surface area contributed by atoms with Gasteiger partial charge in [-0.1, -0.05) is 24.4 Å². The lowest BCUT2D eigenvalue weighted by atomic mass is 9.77. The van der Waals surface area contributed by atoms with E-state index in [1.54, 1.807) is 6.20 Å². The van der Waals surface area contributed by atoms with Gasteiger partial charge in [-0.15, -0.1) is 0 Å². The Hall–Kier alpha value is -1.66. The molecular weight excluding hydrogens is 340 g/mol. The fourth-order valence-electron chi connectivity index (χ4n) is 5.61. The maximum Gasteiger partial charge on any atom is 0.150 e. The van der Waals surface area contributed by atoms with E-state index in [0.717, 1.165) is 43.9 Å². The fraction of sp³-hybridized carbons (Fsp3) is 0.714. The summed E-state index contributed by atoms with van der Waals surface area (Å²) in [5.74, 6) is 2.80. The number of nitrogens with zero attached hydrogens (tertiary/aromatic N) is 4. The molecule has 146 valence electrons. The molecule has 6 heteroatoms. The first-order valence-corrected chi connectivity index (χ1v) is 10.6. The number of aliphatic hydroxyl groups is 1. The molecule has 1 saturated heterocycles. The van der Waals surface area contributed by atoms with Gasteiger partial charge in [0.05, 0.1) is 24.4 Å². The number of hydrogen-bond acceptors (Lipinski definition) is 5. The number of likely N-dealkylation sites (tertiary alicyclic amines) is 1. The summed E-state index contributed by atoms with van der Waals surface area (Å²) in [6.07, 6.45) is 11.9. The highest BCUT2D eigenvalue weighted by Gasteiger charge is 2.42. The van der Waals surface area contributed by atoms with E-state index >= 15 is 0 Å². The van der Waals surface area contributed by atoms with Crippen molar-refractivity contribution in [3.05, 3.63) is 36.0 Å². The number of fused-ring (bicyclic) bond motifs is 1. The second-order valence-electron chi connectivity index (χ2n) is 8.86. The van der Waals surface area contributed by atoms with Crippen LogP contribution in [0.5, 0.6) is 0 Å². The highest BCUT2D eigenvalue weighted by atomic mass is 16.5. The molecule has 4 atom stereocenters. The van der Waals surface area contributed by atoms with Crippen LogP contribution in [0.3, 0.4) is 0 Å². The van der Waals surface area contributed by atoms with E-state index in [-0.39, 0.29) is 12.1 Å². The van der Waals surface area contributed by atoms with Gasteiger partial charge in [-0.3, -0.25) is 9.58 Å². The average Bonchev–Trinajstić information content (AvgIpc) is 3.42. The van der Waals surface area contributed by atoms with Crippen molar-refractivity contribution in [1.82, 2.24) is 19.8 Å². The Balaban J connectivity index is 1.21. The van der Waals surface area contributed by atoms with Crippen LogP contribution in [0.4, 0.5) is 0 Å². The molecule has 0 bridgehead atoms. The van der Waals surface area contributed by atoms with Crippen LogP contribution in [0.2, 0.25) is 0 Å². The lowest BCUT2D eigenvalue weighted by molar-refractivity contribution is 0.0306. The molecule has 0 unspecified atom stereocenters. The molecule has 1 N–H and O–H groups in total. The Kier molecular flexibility index (Phi) is 4.78. The standard InChI is InChI=1S/C21H30N4O2/c26-21-10-17-13-24(12-16(17)9-20(21)25-8-4-7-22-25)14-18-11-19(23-27-18)15-5-2-1-3-6-15/h4,7-8,11,15-17,20-21,26H,1-3,5-6,9-10,12-14H2/t16-,17+,20-,21-/m1/s1. The molecule has 0 spiro atoms. The lowest BCUT2D eigenvalue weighted by Crippen LogP contribution is -2.36. The summed E-state index contributed by atoms with van der Waals surface area (Å²) < 4.78 is 7.62. The minimum atomic E-state index is -0.297. The predicted octanol–water partition coefficient (Wildman–Crippen LogP) is 3.36. The third-order valence-electron chi connectivity index (χ3n) is 7.03. The van der Waals surface area contributed by atoms with Crippen molar-refractivity contribution in [3.8, 4) is 0 Å². The normalized spacial score (nSPS) is 32.6. The average molecular weight is 370 g/mol. The largest absolute Gasteiger partial charge is 0.391 e. The Morgan fingerprint density at radius 1 is 1.11 bits per heavy atom. The van der Waals surface area contributed by atoms with E-state index in [4.69, 9.17) is 4.52 Å². The first kappa shape index (κ1) is 17.4. The van der Waals surface area contributed by atoms with Crippen LogP contribution in [0, 0.1) is 11.8 Å². The molecule has 2 saturated carbocycles. The van der Waals surface area contributed by atoms with Crippen molar-refractivity contribution in [2.75, 3.05) is 13.1 Å². The predicted molar refractivity (Wildman–Crippen MR) is 101 cm³/mol. The molecule has 2 aromatic rings. The Morgan fingerprint density at radius 3 is 2.70 bits per heavy atom. The lowest BCUT2D eigenvalue weighted by Gasteiger charge is -2.35. The molecule has 5 rings (SSSR count). The minimum Gasteiger partial charge on any atom is -0.391 e. The van der Waals surface area contributed by atoms with Crippen LogP contribution in [0.15, 0.2) is 29.0 Å². The maximum absolute atomic E-state index is 10.6.